The van der Waals surface area contributed by atoms with Crippen molar-refractivity contribution in [3.63, 3.8) is 0 Å². The van der Waals surface area contributed by atoms with Crippen LogP contribution < -0.4 is 20.7 Å². The molecule has 0 saturated heterocycles. The first-order chi connectivity index (χ1) is 13.7. The van der Waals surface area contributed by atoms with Gasteiger partial charge in [-0.25, -0.2) is 4.79 Å². The molecule has 0 bridgehead atoms. The lowest BCUT2D eigenvalue weighted by molar-refractivity contribution is 0.0527. The van der Waals surface area contributed by atoms with Crippen molar-refractivity contribution in [2.45, 2.75) is 38.8 Å². The number of alkyl carbamates (subject to hydrolysis) is 1. The van der Waals surface area contributed by atoms with Gasteiger partial charge in [-0.05, 0) is 59.0 Å². The molecule has 1 unspecified atom stereocenters. The van der Waals surface area contributed by atoms with Gasteiger partial charge < -0.3 is 30.3 Å². The van der Waals surface area contributed by atoms with E-state index in [4.69, 9.17) is 9.47 Å². The predicted molar refractivity (Wildman–Crippen MR) is 118 cm³/mol. The highest BCUT2D eigenvalue weighted by Crippen LogP contribution is 2.22. The summed E-state index contributed by atoms with van der Waals surface area (Å²) in [6.45, 7) is 7.43. The summed E-state index contributed by atoms with van der Waals surface area (Å²) in [6, 6.07) is 8.24. The predicted octanol–water partition coefficient (Wildman–Crippen LogP) is 2.38. The second kappa shape index (κ2) is 12.2. The number of aliphatic imine (C=N–C) groups is 1. The molecular weight excluding hydrogens is 370 g/mol. The number of carbonyl (C=O) groups excluding carboxylic acids is 1. The molecule has 1 rings (SSSR count). The van der Waals surface area contributed by atoms with E-state index in [2.05, 4.69) is 31.9 Å². The van der Waals surface area contributed by atoms with Crippen molar-refractivity contribution in [1.82, 2.24) is 20.9 Å². The summed E-state index contributed by atoms with van der Waals surface area (Å²) in [7, 11) is 7.50. The highest BCUT2D eigenvalue weighted by atomic mass is 16.6. The van der Waals surface area contributed by atoms with Gasteiger partial charge in [0.1, 0.15) is 11.4 Å². The molecule has 1 aromatic carbocycles. The zero-order chi connectivity index (χ0) is 21.9. The number of methoxy groups -OCH3 is 1. The average Bonchev–Trinajstić information content (AvgIpc) is 2.64. The van der Waals surface area contributed by atoms with Crippen LogP contribution in [0, 0.1) is 0 Å². The number of nitrogens with zero attached hydrogens (tertiary/aromatic N) is 2. The zero-order valence-corrected chi connectivity index (χ0v) is 18.8. The number of nitrogens with one attached hydrogen (secondary N) is 3. The van der Waals surface area contributed by atoms with Gasteiger partial charge in [0.15, 0.2) is 5.96 Å². The van der Waals surface area contributed by atoms with E-state index in [1.54, 1.807) is 14.2 Å². The van der Waals surface area contributed by atoms with Crippen LogP contribution in [-0.2, 0) is 4.74 Å². The molecule has 0 aliphatic rings. The fourth-order valence-electron chi connectivity index (χ4n) is 2.66. The maximum absolute atomic E-state index is 11.6. The van der Waals surface area contributed by atoms with Crippen molar-refractivity contribution in [2.24, 2.45) is 4.99 Å². The quantitative estimate of drug-likeness (QED) is 0.331. The molecule has 0 aliphatic carbocycles. The number of amides is 1. The van der Waals surface area contributed by atoms with Crippen molar-refractivity contribution >= 4 is 12.1 Å². The summed E-state index contributed by atoms with van der Waals surface area (Å²) >= 11 is 0. The smallest absolute Gasteiger partial charge is 0.407 e. The third-order valence-electron chi connectivity index (χ3n) is 4.10. The Hall–Kier alpha value is -2.48. The van der Waals surface area contributed by atoms with Crippen molar-refractivity contribution < 1.29 is 14.3 Å². The minimum atomic E-state index is -0.486. The Bertz CT molecular complexity index is 656. The van der Waals surface area contributed by atoms with Crippen molar-refractivity contribution in [2.75, 3.05) is 47.9 Å². The van der Waals surface area contributed by atoms with Gasteiger partial charge in [-0.2, -0.15) is 0 Å². The summed E-state index contributed by atoms with van der Waals surface area (Å²) in [4.78, 5) is 18.0. The lowest BCUT2D eigenvalue weighted by atomic mass is 10.1. The summed E-state index contributed by atoms with van der Waals surface area (Å²) in [5.41, 5.74) is 0.680. The molecule has 164 valence electrons. The molecule has 0 saturated carbocycles. The van der Waals surface area contributed by atoms with E-state index in [1.807, 2.05) is 53.1 Å². The molecule has 0 aliphatic heterocycles. The Labute approximate surface area is 175 Å². The summed E-state index contributed by atoms with van der Waals surface area (Å²) < 4.78 is 10.5. The van der Waals surface area contributed by atoms with Crippen molar-refractivity contribution in [1.29, 1.82) is 0 Å². The molecule has 3 N–H and O–H groups in total. The topological polar surface area (TPSA) is 87.2 Å². The molecule has 0 spiro atoms. The van der Waals surface area contributed by atoms with Crippen LogP contribution in [0.2, 0.25) is 0 Å². The summed E-state index contributed by atoms with van der Waals surface area (Å²) in [6.07, 6.45) is 0.361. The Morgan fingerprint density at radius 1 is 1.17 bits per heavy atom. The number of hydrogen-bond acceptors (Lipinski definition) is 5. The number of hydrogen-bond donors (Lipinski definition) is 3. The van der Waals surface area contributed by atoms with Gasteiger partial charge in [0.05, 0.1) is 13.2 Å². The number of carbonyl (C=O) groups is 1. The maximum atomic E-state index is 11.6. The molecule has 1 atom stereocenters. The minimum absolute atomic E-state index is 0.164. The summed E-state index contributed by atoms with van der Waals surface area (Å²) in [5.74, 6) is 1.56. The Balaban J connectivity index is 2.43. The van der Waals surface area contributed by atoms with Crippen LogP contribution in [0.25, 0.3) is 0 Å². The van der Waals surface area contributed by atoms with Gasteiger partial charge in [-0.3, -0.25) is 4.99 Å². The van der Waals surface area contributed by atoms with Gasteiger partial charge >= 0.3 is 6.09 Å². The Morgan fingerprint density at radius 2 is 1.86 bits per heavy atom. The van der Waals surface area contributed by atoms with Gasteiger partial charge in [-0.15, -0.1) is 0 Å². The first kappa shape index (κ1) is 24.6. The molecule has 8 nitrogen and oxygen atoms in total. The largest absolute Gasteiger partial charge is 0.497 e. The molecule has 1 aromatic rings. The second-order valence-electron chi connectivity index (χ2n) is 7.92. The molecular formula is C21H37N5O3. The molecule has 0 fully saturated rings. The normalized spacial score (nSPS) is 13.0. The third kappa shape index (κ3) is 10.0. The van der Waals surface area contributed by atoms with Gasteiger partial charge in [0, 0.05) is 26.7 Å². The van der Waals surface area contributed by atoms with Crippen LogP contribution in [0.1, 0.15) is 38.8 Å². The van der Waals surface area contributed by atoms with Gasteiger partial charge in [-0.1, -0.05) is 12.1 Å². The lowest BCUT2D eigenvalue weighted by Crippen LogP contribution is -2.42. The minimum Gasteiger partial charge on any atom is -0.497 e. The standard InChI is InChI=1S/C21H37N5O3/c1-21(2,3)29-20(27)24-13-9-12-23-19(22-4)25-15-18(26(5)6)16-10-8-11-17(14-16)28-7/h8,10-11,14,18H,9,12-13,15H2,1-7H3,(H,24,27)(H2,22,23,25). The van der Waals surface area contributed by atoms with Crippen LogP contribution in [0.4, 0.5) is 4.79 Å². The van der Waals surface area contributed by atoms with Gasteiger partial charge in [0.2, 0.25) is 0 Å². The molecule has 1 amide bonds. The fourth-order valence-corrected chi connectivity index (χ4v) is 2.66. The van der Waals surface area contributed by atoms with E-state index in [0.717, 1.165) is 18.1 Å². The van der Waals surface area contributed by atoms with Gasteiger partial charge in [0.25, 0.3) is 0 Å². The summed E-state index contributed by atoms with van der Waals surface area (Å²) in [5, 5.41) is 9.37. The van der Waals surface area contributed by atoms with Crippen LogP contribution >= 0.6 is 0 Å². The number of ether oxygens (including phenoxy) is 2. The van der Waals surface area contributed by atoms with E-state index in [9.17, 15) is 4.79 Å². The van der Waals surface area contributed by atoms with Crippen LogP contribution in [0.5, 0.6) is 5.75 Å². The number of guanidine groups is 1. The van der Waals surface area contributed by atoms with E-state index in [0.29, 0.717) is 19.6 Å². The van der Waals surface area contributed by atoms with Crippen molar-refractivity contribution in [3.05, 3.63) is 29.8 Å². The highest BCUT2D eigenvalue weighted by molar-refractivity contribution is 5.79. The molecule has 29 heavy (non-hydrogen) atoms. The van der Waals surface area contributed by atoms with E-state index in [-0.39, 0.29) is 6.04 Å². The second-order valence-corrected chi connectivity index (χ2v) is 7.92. The Kier molecular flexibility index (Phi) is 10.3. The molecule has 8 heteroatoms. The molecule has 0 heterocycles. The monoisotopic (exact) mass is 407 g/mol. The van der Waals surface area contributed by atoms with E-state index < -0.39 is 11.7 Å². The lowest BCUT2D eigenvalue weighted by Gasteiger charge is -2.26. The van der Waals surface area contributed by atoms with E-state index >= 15 is 0 Å². The maximum Gasteiger partial charge on any atom is 0.407 e. The molecule has 0 aromatic heterocycles. The van der Waals surface area contributed by atoms with Crippen LogP contribution in [0.3, 0.4) is 0 Å². The number of rotatable bonds is 9. The van der Waals surface area contributed by atoms with Crippen LogP contribution in [0.15, 0.2) is 29.3 Å². The first-order valence-corrected chi connectivity index (χ1v) is 9.88. The number of benzene rings is 1. The molecule has 0 radical (unpaired) electrons. The average molecular weight is 408 g/mol. The zero-order valence-electron chi connectivity index (χ0n) is 18.8. The SMILES string of the molecule is CN=C(NCCCNC(=O)OC(C)(C)C)NCC(c1cccc(OC)c1)N(C)C. The van der Waals surface area contributed by atoms with Crippen LogP contribution in [-0.4, -0.2) is 70.4 Å². The third-order valence-corrected chi connectivity index (χ3v) is 4.10. The number of likely N-dealkylation sites (N-methyl/N-ethyl adjacent to an activating group) is 1. The Morgan fingerprint density at radius 3 is 2.45 bits per heavy atom. The van der Waals surface area contributed by atoms with Crippen molar-refractivity contribution in [3.8, 4) is 5.75 Å². The van der Waals surface area contributed by atoms with E-state index in [1.165, 1.54) is 5.56 Å². The first-order valence-electron chi connectivity index (χ1n) is 9.88. The highest BCUT2D eigenvalue weighted by Gasteiger charge is 2.16. The fraction of sp³-hybridized carbons (Fsp3) is 0.619.